The van der Waals surface area contributed by atoms with Gasteiger partial charge in [-0.1, -0.05) is 11.6 Å². The number of ether oxygens (including phenoxy) is 2. The van der Waals surface area contributed by atoms with E-state index in [1.807, 2.05) is 0 Å². The van der Waals surface area contributed by atoms with Crippen LogP contribution in [-0.2, 0) is 9.47 Å². The highest BCUT2D eigenvalue weighted by atomic mass is 35.5. The number of carbonyl (C=O) groups excluding carboxylic acids is 4. The SMILES string of the molecule is COCCN1C(=O)c2ccc(C(=O)OC(C)C(=O)c3ccc(Cl)cc3)cc2C1=O. The minimum Gasteiger partial charge on any atom is -0.451 e. The summed E-state index contributed by atoms with van der Waals surface area (Å²) in [5, 5.41) is 0.489. The summed E-state index contributed by atoms with van der Waals surface area (Å²) < 4.78 is 10.2. The van der Waals surface area contributed by atoms with Crippen molar-refractivity contribution < 1.29 is 28.7 Å². The second-order valence-electron chi connectivity index (χ2n) is 6.43. The van der Waals surface area contributed by atoms with E-state index < -0.39 is 23.9 Å². The Labute approximate surface area is 172 Å². The first-order valence-electron chi connectivity index (χ1n) is 8.83. The number of methoxy groups -OCH3 is 1. The molecule has 1 atom stereocenters. The monoisotopic (exact) mass is 415 g/mol. The third-order valence-corrected chi connectivity index (χ3v) is 4.76. The second kappa shape index (κ2) is 8.55. The first kappa shape index (κ1) is 20.7. The van der Waals surface area contributed by atoms with E-state index in [0.29, 0.717) is 10.6 Å². The Balaban J connectivity index is 1.74. The van der Waals surface area contributed by atoms with E-state index in [9.17, 15) is 19.2 Å². The molecular weight excluding hydrogens is 398 g/mol. The standard InChI is InChI=1S/C21H18ClNO6/c1-12(18(24)13-3-6-15(22)7-4-13)29-21(27)14-5-8-16-17(11-14)20(26)23(19(16)25)9-10-28-2/h3-8,11-12H,9-10H2,1-2H3. The highest BCUT2D eigenvalue weighted by molar-refractivity contribution is 6.30. The molecule has 7 nitrogen and oxygen atoms in total. The Bertz CT molecular complexity index is 985. The number of fused-ring (bicyclic) bond motifs is 1. The van der Waals surface area contributed by atoms with Crippen molar-refractivity contribution in [3.8, 4) is 0 Å². The number of halogens is 1. The molecule has 0 aliphatic carbocycles. The van der Waals surface area contributed by atoms with Gasteiger partial charge in [0.15, 0.2) is 6.10 Å². The number of rotatable bonds is 7. The zero-order valence-electron chi connectivity index (χ0n) is 15.8. The molecule has 2 amide bonds. The Morgan fingerprint density at radius 3 is 2.28 bits per heavy atom. The number of ketones is 1. The molecule has 8 heteroatoms. The largest absolute Gasteiger partial charge is 0.451 e. The van der Waals surface area contributed by atoms with Crippen LogP contribution in [-0.4, -0.2) is 54.8 Å². The fourth-order valence-electron chi connectivity index (χ4n) is 2.93. The Morgan fingerprint density at radius 1 is 1.00 bits per heavy atom. The first-order chi connectivity index (χ1) is 13.8. The highest BCUT2D eigenvalue weighted by Gasteiger charge is 2.36. The van der Waals surface area contributed by atoms with E-state index in [2.05, 4.69) is 0 Å². The number of hydrogen-bond donors (Lipinski definition) is 0. The van der Waals surface area contributed by atoms with Crippen molar-refractivity contribution in [2.24, 2.45) is 0 Å². The van der Waals surface area contributed by atoms with Crippen LogP contribution in [0.3, 0.4) is 0 Å². The van der Waals surface area contributed by atoms with E-state index in [1.54, 1.807) is 24.3 Å². The van der Waals surface area contributed by atoms with Crippen LogP contribution in [0.15, 0.2) is 42.5 Å². The van der Waals surface area contributed by atoms with Crippen molar-refractivity contribution in [2.45, 2.75) is 13.0 Å². The fourth-order valence-corrected chi connectivity index (χ4v) is 3.06. The summed E-state index contributed by atoms with van der Waals surface area (Å²) in [6, 6.07) is 10.3. The summed E-state index contributed by atoms with van der Waals surface area (Å²) in [7, 11) is 1.47. The van der Waals surface area contributed by atoms with Gasteiger partial charge in [-0.3, -0.25) is 19.3 Å². The van der Waals surface area contributed by atoms with Gasteiger partial charge >= 0.3 is 5.97 Å². The molecule has 150 valence electrons. The number of benzene rings is 2. The maximum atomic E-state index is 12.5. The van der Waals surface area contributed by atoms with Gasteiger partial charge in [-0.15, -0.1) is 0 Å². The van der Waals surface area contributed by atoms with Gasteiger partial charge < -0.3 is 9.47 Å². The molecule has 0 radical (unpaired) electrons. The number of nitrogens with zero attached hydrogens (tertiary/aromatic N) is 1. The minimum absolute atomic E-state index is 0.0780. The minimum atomic E-state index is -1.03. The number of esters is 1. The quantitative estimate of drug-likeness (QED) is 0.392. The summed E-state index contributed by atoms with van der Waals surface area (Å²) in [5.41, 5.74) is 0.776. The van der Waals surface area contributed by atoms with Crippen LogP contribution >= 0.6 is 11.6 Å². The van der Waals surface area contributed by atoms with Crippen LogP contribution in [0.4, 0.5) is 0 Å². The molecule has 0 saturated carbocycles. The molecule has 0 bridgehead atoms. The lowest BCUT2D eigenvalue weighted by atomic mass is 10.1. The van der Waals surface area contributed by atoms with Crippen molar-refractivity contribution in [1.82, 2.24) is 4.90 Å². The van der Waals surface area contributed by atoms with Crippen molar-refractivity contribution in [3.63, 3.8) is 0 Å². The second-order valence-corrected chi connectivity index (χ2v) is 6.87. The lowest BCUT2D eigenvalue weighted by Crippen LogP contribution is -2.32. The molecule has 1 aliphatic rings. The molecule has 2 aromatic carbocycles. The number of hydrogen-bond acceptors (Lipinski definition) is 6. The highest BCUT2D eigenvalue weighted by Crippen LogP contribution is 2.24. The van der Waals surface area contributed by atoms with E-state index in [-0.39, 0.29) is 35.6 Å². The van der Waals surface area contributed by atoms with Gasteiger partial charge in [0, 0.05) is 17.7 Å². The van der Waals surface area contributed by atoms with Gasteiger partial charge in [0.25, 0.3) is 11.8 Å². The first-order valence-corrected chi connectivity index (χ1v) is 9.21. The van der Waals surface area contributed by atoms with Crippen LogP contribution in [0.1, 0.15) is 48.4 Å². The summed E-state index contributed by atoms with van der Waals surface area (Å²) in [6.07, 6.45) is -1.03. The lowest BCUT2D eigenvalue weighted by Gasteiger charge is -2.13. The molecule has 0 N–H and O–H groups in total. The molecule has 0 spiro atoms. The zero-order chi connectivity index (χ0) is 21.1. The maximum absolute atomic E-state index is 12.5. The van der Waals surface area contributed by atoms with Crippen molar-refractivity contribution >= 4 is 35.2 Å². The van der Waals surface area contributed by atoms with Crippen LogP contribution in [0.5, 0.6) is 0 Å². The van der Waals surface area contributed by atoms with Crippen molar-refractivity contribution in [1.29, 1.82) is 0 Å². The molecule has 0 fully saturated rings. The van der Waals surface area contributed by atoms with E-state index >= 15 is 0 Å². The number of carbonyl (C=O) groups is 4. The predicted molar refractivity (Wildman–Crippen MR) is 104 cm³/mol. The molecule has 2 aromatic rings. The zero-order valence-corrected chi connectivity index (χ0v) is 16.6. The molecule has 1 aliphatic heterocycles. The van der Waals surface area contributed by atoms with Gasteiger partial charge in [-0.05, 0) is 49.4 Å². The van der Waals surface area contributed by atoms with Gasteiger partial charge in [0.05, 0.1) is 29.8 Å². The number of imide groups is 1. The molecule has 3 rings (SSSR count). The van der Waals surface area contributed by atoms with Crippen LogP contribution in [0.25, 0.3) is 0 Å². The van der Waals surface area contributed by atoms with Crippen LogP contribution in [0, 0.1) is 0 Å². The molecular formula is C21H18ClNO6. The third kappa shape index (κ3) is 4.21. The van der Waals surface area contributed by atoms with Crippen molar-refractivity contribution in [3.05, 3.63) is 69.7 Å². The van der Waals surface area contributed by atoms with Crippen LogP contribution in [0.2, 0.25) is 5.02 Å². The average Bonchev–Trinajstić information content (AvgIpc) is 2.96. The summed E-state index contributed by atoms with van der Waals surface area (Å²) >= 11 is 5.81. The molecule has 0 saturated heterocycles. The fraction of sp³-hybridized carbons (Fsp3) is 0.238. The van der Waals surface area contributed by atoms with Crippen molar-refractivity contribution in [2.75, 3.05) is 20.3 Å². The normalized spacial score (nSPS) is 14.0. The molecule has 0 aromatic heterocycles. The Hall–Kier alpha value is -3.03. The van der Waals surface area contributed by atoms with Gasteiger partial charge in [-0.2, -0.15) is 0 Å². The summed E-state index contributed by atoms with van der Waals surface area (Å²) in [6.45, 7) is 1.79. The van der Waals surface area contributed by atoms with E-state index in [0.717, 1.165) is 4.90 Å². The van der Waals surface area contributed by atoms with E-state index in [1.165, 1.54) is 32.2 Å². The topological polar surface area (TPSA) is 90.0 Å². The Kier molecular flexibility index (Phi) is 6.10. The van der Waals surface area contributed by atoms with Gasteiger partial charge in [0.2, 0.25) is 5.78 Å². The molecule has 1 unspecified atom stereocenters. The average molecular weight is 416 g/mol. The molecule has 29 heavy (non-hydrogen) atoms. The smallest absolute Gasteiger partial charge is 0.338 e. The predicted octanol–water partition coefficient (Wildman–Crippen LogP) is 3.01. The summed E-state index contributed by atoms with van der Waals surface area (Å²) in [5.74, 6) is -2.08. The molecule has 1 heterocycles. The van der Waals surface area contributed by atoms with Gasteiger partial charge in [0.1, 0.15) is 0 Å². The maximum Gasteiger partial charge on any atom is 0.338 e. The lowest BCUT2D eigenvalue weighted by molar-refractivity contribution is 0.0318. The third-order valence-electron chi connectivity index (χ3n) is 4.51. The number of Topliss-reactive ketones (excluding diaryl/α,β-unsaturated/α-hetero) is 1. The van der Waals surface area contributed by atoms with E-state index in [4.69, 9.17) is 21.1 Å². The Morgan fingerprint density at radius 2 is 1.62 bits per heavy atom. The van der Waals surface area contributed by atoms with Crippen LogP contribution < -0.4 is 0 Å². The number of amides is 2. The summed E-state index contributed by atoms with van der Waals surface area (Å²) in [4.78, 5) is 50.7. The van der Waals surface area contributed by atoms with Gasteiger partial charge in [-0.25, -0.2) is 4.79 Å².